The highest BCUT2D eigenvalue weighted by atomic mass is 15.1. The van der Waals surface area contributed by atoms with E-state index in [2.05, 4.69) is 70.7 Å². The predicted molar refractivity (Wildman–Crippen MR) is 97.5 cm³/mol. The van der Waals surface area contributed by atoms with E-state index in [1.54, 1.807) is 0 Å². The average Bonchev–Trinajstić information content (AvgIpc) is 2.36. The lowest BCUT2D eigenvalue weighted by Crippen LogP contribution is -2.42. The number of piperidine rings is 1. The molecule has 1 aliphatic rings. The summed E-state index contributed by atoms with van der Waals surface area (Å²) in [5.74, 6) is 0.731. The minimum Gasteiger partial charge on any atom is -0.303 e. The normalized spacial score (nSPS) is 20.8. The van der Waals surface area contributed by atoms with E-state index < -0.39 is 0 Å². The highest BCUT2D eigenvalue weighted by molar-refractivity contribution is 5.27. The van der Waals surface area contributed by atoms with Gasteiger partial charge in [0.15, 0.2) is 0 Å². The Morgan fingerprint density at radius 3 is 2.32 bits per heavy atom. The summed E-state index contributed by atoms with van der Waals surface area (Å²) in [6.45, 7) is 17.9. The summed E-state index contributed by atoms with van der Waals surface area (Å²) < 4.78 is 0. The Morgan fingerprint density at radius 2 is 1.77 bits per heavy atom. The minimum atomic E-state index is 0.254. The van der Waals surface area contributed by atoms with E-state index >= 15 is 0 Å². The summed E-state index contributed by atoms with van der Waals surface area (Å²) in [5, 5.41) is 0. The van der Waals surface area contributed by atoms with Crippen LogP contribution in [-0.2, 0) is 11.8 Å². The third-order valence-electron chi connectivity index (χ3n) is 4.95. The van der Waals surface area contributed by atoms with E-state index in [0.717, 1.165) is 5.92 Å². The number of hydrogen-bond donors (Lipinski definition) is 0. The molecule has 124 valence electrons. The quantitative estimate of drug-likeness (QED) is 0.731. The second-order valence-electron chi connectivity index (χ2n) is 9.26. The molecule has 1 atom stereocenters. The molecule has 0 N–H and O–H groups in total. The molecule has 0 saturated carbocycles. The van der Waals surface area contributed by atoms with E-state index in [1.807, 2.05) is 0 Å². The molecule has 1 unspecified atom stereocenters. The van der Waals surface area contributed by atoms with E-state index in [-0.39, 0.29) is 5.41 Å². The van der Waals surface area contributed by atoms with Crippen molar-refractivity contribution in [1.29, 1.82) is 0 Å². The number of rotatable bonds is 4. The summed E-state index contributed by atoms with van der Waals surface area (Å²) in [7, 11) is 0. The number of hydrogen-bond acceptors (Lipinski definition) is 1. The molecule has 1 heterocycles. The minimum absolute atomic E-state index is 0.254. The van der Waals surface area contributed by atoms with E-state index in [4.69, 9.17) is 0 Å². The maximum Gasteiger partial charge on any atom is 0.00328 e. The standard InChI is InChI=1S/C21H35N/c1-17(15-22-13-7-12-21(5,6)16-22)14-18-8-10-19(11-9-18)20(2,3)4/h8-11,17H,7,12-16H2,1-6H3. The van der Waals surface area contributed by atoms with Crippen LogP contribution in [0.1, 0.15) is 65.5 Å². The lowest BCUT2D eigenvalue weighted by atomic mass is 9.83. The SMILES string of the molecule is CC(Cc1ccc(C(C)(C)C)cc1)CN1CCCC(C)(C)C1. The molecule has 1 aromatic rings. The van der Waals surface area contributed by atoms with E-state index in [9.17, 15) is 0 Å². The van der Waals surface area contributed by atoms with E-state index in [0.29, 0.717) is 5.41 Å². The van der Waals surface area contributed by atoms with Crippen LogP contribution in [0.15, 0.2) is 24.3 Å². The molecular formula is C21H35N. The van der Waals surface area contributed by atoms with Crippen LogP contribution >= 0.6 is 0 Å². The van der Waals surface area contributed by atoms with Crippen molar-refractivity contribution in [1.82, 2.24) is 4.90 Å². The van der Waals surface area contributed by atoms with Crippen molar-refractivity contribution in [3.63, 3.8) is 0 Å². The largest absolute Gasteiger partial charge is 0.303 e. The fraction of sp³-hybridized carbons (Fsp3) is 0.714. The topological polar surface area (TPSA) is 3.24 Å². The van der Waals surface area contributed by atoms with Crippen molar-refractivity contribution in [3.05, 3.63) is 35.4 Å². The van der Waals surface area contributed by atoms with Crippen LogP contribution < -0.4 is 0 Å². The Kier molecular flexibility index (Phi) is 5.37. The molecule has 0 amide bonds. The molecule has 0 radical (unpaired) electrons. The van der Waals surface area contributed by atoms with Crippen LogP contribution in [-0.4, -0.2) is 24.5 Å². The van der Waals surface area contributed by atoms with Gasteiger partial charge in [0.1, 0.15) is 0 Å². The first-order valence-corrected chi connectivity index (χ1v) is 8.97. The zero-order valence-electron chi connectivity index (χ0n) is 15.6. The van der Waals surface area contributed by atoms with Gasteiger partial charge in [-0.1, -0.05) is 65.8 Å². The van der Waals surface area contributed by atoms with Gasteiger partial charge in [-0.3, -0.25) is 0 Å². The molecule has 1 nitrogen and oxygen atoms in total. The fourth-order valence-electron chi connectivity index (χ4n) is 3.75. The van der Waals surface area contributed by atoms with Crippen molar-refractivity contribution >= 4 is 0 Å². The molecule has 22 heavy (non-hydrogen) atoms. The van der Waals surface area contributed by atoms with Gasteiger partial charge in [0, 0.05) is 13.1 Å². The second kappa shape index (κ2) is 6.74. The third kappa shape index (κ3) is 5.12. The van der Waals surface area contributed by atoms with E-state index in [1.165, 1.54) is 50.0 Å². The zero-order chi connectivity index (χ0) is 16.4. The first-order valence-electron chi connectivity index (χ1n) is 8.97. The first kappa shape index (κ1) is 17.5. The lowest BCUT2D eigenvalue weighted by molar-refractivity contribution is 0.104. The third-order valence-corrected chi connectivity index (χ3v) is 4.95. The van der Waals surface area contributed by atoms with Gasteiger partial charge in [0.05, 0.1) is 0 Å². The maximum absolute atomic E-state index is 2.68. The van der Waals surface area contributed by atoms with Gasteiger partial charge in [-0.2, -0.15) is 0 Å². The maximum atomic E-state index is 2.68. The van der Waals surface area contributed by atoms with Crippen molar-refractivity contribution in [3.8, 4) is 0 Å². The molecule has 1 fully saturated rings. The lowest BCUT2D eigenvalue weighted by Gasteiger charge is -2.39. The Bertz CT molecular complexity index is 464. The van der Waals surface area contributed by atoms with Gasteiger partial charge in [-0.25, -0.2) is 0 Å². The monoisotopic (exact) mass is 301 g/mol. The van der Waals surface area contributed by atoms with Crippen LogP contribution in [0.2, 0.25) is 0 Å². The summed E-state index contributed by atoms with van der Waals surface area (Å²) >= 11 is 0. The van der Waals surface area contributed by atoms with Gasteiger partial charge in [0.2, 0.25) is 0 Å². The second-order valence-corrected chi connectivity index (χ2v) is 9.26. The number of benzene rings is 1. The molecule has 1 aromatic carbocycles. The van der Waals surface area contributed by atoms with Crippen molar-refractivity contribution in [2.45, 2.75) is 66.2 Å². The fourth-order valence-corrected chi connectivity index (χ4v) is 3.75. The molecule has 0 aromatic heterocycles. The summed E-state index contributed by atoms with van der Waals surface area (Å²) in [6, 6.07) is 9.28. The predicted octanol–water partition coefficient (Wildman–Crippen LogP) is 5.28. The number of nitrogens with zero attached hydrogens (tertiary/aromatic N) is 1. The molecule has 1 aliphatic heterocycles. The Labute approximate surface area is 138 Å². The van der Waals surface area contributed by atoms with Gasteiger partial charge in [0.25, 0.3) is 0 Å². The van der Waals surface area contributed by atoms with Crippen LogP contribution in [0.3, 0.4) is 0 Å². The van der Waals surface area contributed by atoms with Crippen molar-refractivity contribution < 1.29 is 0 Å². The molecule has 0 spiro atoms. The summed E-state index contributed by atoms with van der Waals surface area (Å²) in [5.41, 5.74) is 3.68. The molecule has 0 aliphatic carbocycles. The van der Waals surface area contributed by atoms with Gasteiger partial charge < -0.3 is 4.90 Å². The van der Waals surface area contributed by atoms with Gasteiger partial charge in [-0.05, 0) is 53.7 Å². The van der Waals surface area contributed by atoms with Crippen molar-refractivity contribution in [2.75, 3.05) is 19.6 Å². The van der Waals surface area contributed by atoms with Gasteiger partial charge >= 0.3 is 0 Å². The van der Waals surface area contributed by atoms with Crippen molar-refractivity contribution in [2.24, 2.45) is 11.3 Å². The summed E-state index contributed by atoms with van der Waals surface area (Å²) in [6.07, 6.45) is 3.94. The van der Waals surface area contributed by atoms with Gasteiger partial charge in [-0.15, -0.1) is 0 Å². The highest BCUT2D eigenvalue weighted by Crippen LogP contribution is 2.29. The smallest absolute Gasteiger partial charge is 0.00328 e. The first-order chi connectivity index (χ1) is 10.2. The van der Waals surface area contributed by atoms with Crippen LogP contribution in [0.25, 0.3) is 0 Å². The molecule has 2 rings (SSSR count). The van der Waals surface area contributed by atoms with Crippen LogP contribution in [0.5, 0.6) is 0 Å². The molecule has 1 heteroatoms. The average molecular weight is 302 g/mol. The molecular weight excluding hydrogens is 266 g/mol. The van der Waals surface area contributed by atoms with Crippen LogP contribution in [0, 0.1) is 11.3 Å². The Balaban J connectivity index is 1.88. The van der Waals surface area contributed by atoms with Crippen LogP contribution in [0.4, 0.5) is 0 Å². The number of likely N-dealkylation sites (tertiary alicyclic amines) is 1. The Morgan fingerprint density at radius 1 is 1.14 bits per heavy atom. The Hall–Kier alpha value is -0.820. The molecule has 1 saturated heterocycles. The summed E-state index contributed by atoms with van der Waals surface area (Å²) in [4.78, 5) is 2.68. The molecule has 0 bridgehead atoms. The highest BCUT2D eigenvalue weighted by Gasteiger charge is 2.26. The zero-order valence-corrected chi connectivity index (χ0v) is 15.6.